The van der Waals surface area contributed by atoms with Gasteiger partial charge in [-0.1, -0.05) is 6.92 Å². The highest BCUT2D eigenvalue weighted by molar-refractivity contribution is 5.22. The average molecular weight is 177 g/mol. The lowest BCUT2D eigenvalue weighted by Crippen LogP contribution is -2.21. The lowest BCUT2D eigenvalue weighted by Gasteiger charge is -2.08. The fourth-order valence-corrected chi connectivity index (χ4v) is 0.876. The maximum absolute atomic E-state index is 8.72. The first-order valence-electron chi connectivity index (χ1n) is 4.42. The molecule has 0 saturated heterocycles. The third-order valence-electron chi connectivity index (χ3n) is 1.54. The van der Waals surface area contributed by atoms with Crippen molar-refractivity contribution in [1.29, 1.82) is 10.5 Å². The van der Waals surface area contributed by atoms with Gasteiger partial charge in [0.2, 0.25) is 0 Å². The van der Waals surface area contributed by atoms with Crippen molar-refractivity contribution in [2.24, 2.45) is 5.92 Å². The van der Waals surface area contributed by atoms with Gasteiger partial charge < -0.3 is 5.32 Å². The molecule has 0 radical (unpaired) electrons. The molecule has 0 aromatic rings. The second kappa shape index (κ2) is 6.08. The molecule has 1 unspecified atom stereocenters. The second-order valence-corrected chi connectivity index (χ2v) is 3.14. The Kier molecular flexibility index (Phi) is 5.39. The number of hydrogen-bond acceptors (Lipinski definition) is 3. The second-order valence-electron chi connectivity index (χ2n) is 3.14. The van der Waals surface area contributed by atoms with Gasteiger partial charge in [0.25, 0.3) is 0 Å². The molecule has 0 aliphatic heterocycles. The van der Waals surface area contributed by atoms with Gasteiger partial charge in [-0.05, 0) is 26.3 Å². The quantitative estimate of drug-likeness (QED) is 0.667. The summed E-state index contributed by atoms with van der Waals surface area (Å²) in [6.45, 7) is 5.84. The molecule has 3 nitrogen and oxygen atoms in total. The fraction of sp³-hybridized carbons (Fsp3) is 0.600. The molecule has 1 atom stereocenters. The molecule has 0 aliphatic rings. The van der Waals surface area contributed by atoms with Gasteiger partial charge in [-0.3, -0.25) is 0 Å². The zero-order chi connectivity index (χ0) is 10.3. The first-order valence-corrected chi connectivity index (χ1v) is 4.42. The topological polar surface area (TPSA) is 59.6 Å². The molecule has 13 heavy (non-hydrogen) atoms. The van der Waals surface area contributed by atoms with Crippen LogP contribution < -0.4 is 5.32 Å². The van der Waals surface area contributed by atoms with Crippen molar-refractivity contribution >= 4 is 0 Å². The SMILES string of the molecule is CCC(C#N)/C=C(/C#N)NC(C)C. The Morgan fingerprint density at radius 1 is 1.46 bits per heavy atom. The smallest absolute Gasteiger partial charge is 0.117 e. The molecule has 0 aliphatic carbocycles. The molecule has 0 amide bonds. The lowest BCUT2D eigenvalue weighted by atomic mass is 10.1. The normalized spacial score (nSPS) is 13.2. The van der Waals surface area contributed by atoms with E-state index in [2.05, 4.69) is 11.4 Å². The number of nitrogens with one attached hydrogen (secondary N) is 1. The van der Waals surface area contributed by atoms with Crippen LogP contribution in [-0.2, 0) is 0 Å². The Bertz CT molecular complexity index is 252. The summed E-state index contributed by atoms with van der Waals surface area (Å²) in [7, 11) is 0. The third-order valence-corrected chi connectivity index (χ3v) is 1.54. The molecule has 0 saturated carbocycles. The maximum Gasteiger partial charge on any atom is 0.117 e. The average Bonchev–Trinajstić information content (AvgIpc) is 2.11. The summed E-state index contributed by atoms with van der Waals surface area (Å²) < 4.78 is 0. The number of nitriles is 2. The van der Waals surface area contributed by atoms with Gasteiger partial charge >= 0.3 is 0 Å². The number of hydrogen-bond donors (Lipinski definition) is 1. The summed E-state index contributed by atoms with van der Waals surface area (Å²) in [5.41, 5.74) is 0.489. The van der Waals surface area contributed by atoms with E-state index in [1.165, 1.54) is 0 Å². The summed E-state index contributed by atoms with van der Waals surface area (Å²) in [4.78, 5) is 0. The maximum atomic E-state index is 8.72. The molecular weight excluding hydrogens is 162 g/mol. The predicted octanol–water partition coefficient (Wildman–Crippen LogP) is 1.94. The van der Waals surface area contributed by atoms with E-state index in [0.29, 0.717) is 5.70 Å². The minimum Gasteiger partial charge on any atom is -0.375 e. The van der Waals surface area contributed by atoms with E-state index in [9.17, 15) is 0 Å². The van der Waals surface area contributed by atoms with E-state index in [1.807, 2.05) is 26.8 Å². The van der Waals surface area contributed by atoms with Crippen LogP contribution in [0.15, 0.2) is 11.8 Å². The Morgan fingerprint density at radius 2 is 2.08 bits per heavy atom. The fourth-order valence-electron chi connectivity index (χ4n) is 0.876. The summed E-state index contributed by atoms with van der Waals surface area (Å²) in [5.74, 6) is -0.166. The van der Waals surface area contributed by atoms with Crippen LogP contribution in [0.2, 0.25) is 0 Å². The Morgan fingerprint density at radius 3 is 2.38 bits per heavy atom. The van der Waals surface area contributed by atoms with E-state index < -0.39 is 0 Å². The van der Waals surface area contributed by atoms with Gasteiger partial charge in [0, 0.05) is 6.04 Å². The van der Waals surface area contributed by atoms with Gasteiger partial charge in [0.1, 0.15) is 11.8 Å². The van der Waals surface area contributed by atoms with Crippen molar-refractivity contribution in [2.45, 2.75) is 33.2 Å². The first-order chi connectivity index (χ1) is 6.13. The lowest BCUT2D eigenvalue weighted by molar-refractivity contribution is 0.670. The van der Waals surface area contributed by atoms with E-state index in [0.717, 1.165) is 6.42 Å². The van der Waals surface area contributed by atoms with Crippen LogP contribution in [0, 0.1) is 28.6 Å². The largest absolute Gasteiger partial charge is 0.375 e. The highest BCUT2D eigenvalue weighted by atomic mass is 14.9. The standard InChI is InChI=1S/C10H15N3/c1-4-9(6-11)5-10(7-12)13-8(2)3/h5,8-9,13H,4H2,1-3H3/b10-5-. The van der Waals surface area contributed by atoms with Crippen molar-refractivity contribution in [1.82, 2.24) is 5.32 Å². The number of nitrogens with zero attached hydrogens (tertiary/aromatic N) is 2. The van der Waals surface area contributed by atoms with E-state index in [-0.39, 0.29) is 12.0 Å². The third kappa shape index (κ3) is 4.87. The number of allylic oxidation sites excluding steroid dienone is 2. The van der Waals surface area contributed by atoms with Crippen molar-refractivity contribution in [3.05, 3.63) is 11.8 Å². The minimum atomic E-state index is -0.166. The zero-order valence-corrected chi connectivity index (χ0v) is 8.33. The summed E-state index contributed by atoms with van der Waals surface area (Å²) in [6, 6.07) is 4.38. The van der Waals surface area contributed by atoms with Crippen molar-refractivity contribution in [3.63, 3.8) is 0 Å². The Balaban J connectivity index is 4.40. The monoisotopic (exact) mass is 177 g/mol. The number of rotatable bonds is 4. The molecule has 0 aromatic carbocycles. The highest BCUT2D eigenvalue weighted by Crippen LogP contribution is 2.05. The van der Waals surface area contributed by atoms with E-state index >= 15 is 0 Å². The molecule has 0 heterocycles. The van der Waals surface area contributed by atoms with Crippen LogP contribution in [0.4, 0.5) is 0 Å². The van der Waals surface area contributed by atoms with Crippen molar-refractivity contribution < 1.29 is 0 Å². The van der Waals surface area contributed by atoms with Crippen LogP contribution in [0.5, 0.6) is 0 Å². The Hall–Kier alpha value is -1.48. The van der Waals surface area contributed by atoms with Crippen molar-refractivity contribution in [3.8, 4) is 12.1 Å². The van der Waals surface area contributed by atoms with E-state index in [4.69, 9.17) is 10.5 Å². The Labute approximate surface area is 79.7 Å². The minimum absolute atomic E-state index is 0.166. The van der Waals surface area contributed by atoms with Crippen LogP contribution in [0.1, 0.15) is 27.2 Å². The molecular formula is C10H15N3. The molecule has 0 bridgehead atoms. The van der Waals surface area contributed by atoms with Gasteiger partial charge in [0.15, 0.2) is 0 Å². The first kappa shape index (κ1) is 11.5. The van der Waals surface area contributed by atoms with Gasteiger partial charge in [0.05, 0.1) is 12.0 Å². The molecule has 0 rings (SSSR count). The van der Waals surface area contributed by atoms with Gasteiger partial charge in [-0.15, -0.1) is 0 Å². The molecule has 3 heteroatoms. The van der Waals surface area contributed by atoms with Gasteiger partial charge in [-0.25, -0.2) is 0 Å². The molecule has 0 fully saturated rings. The van der Waals surface area contributed by atoms with Crippen LogP contribution >= 0.6 is 0 Å². The molecule has 0 spiro atoms. The summed E-state index contributed by atoms with van der Waals surface area (Å²) >= 11 is 0. The summed E-state index contributed by atoms with van der Waals surface area (Å²) in [6.07, 6.45) is 2.42. The molecule has 70 valence electrons. The van der Waals surface area contributed by atoms with Crippen LogP contribution in [-0.4, -0.2) is 6.04 Å². The van der Waals surface area contributed by atoms with E-state index in [1.54, 1.807) is 6.08 Å². The summed E-state index contributed by atoms with van der Waals surface area (Å²) in [5, 5.41) is 20.4. The highest BCUT2D eigenvalue weighted by Gasteiger charge is 2.03. The predicted molar refractivity (Wildman–Crippen MR) is 51.4 cm³/mol. The van der Waals surface area contributed by atoms with Crippen molar-refractivity contribution in [2.75, 3.05) is 0 Å². The van der Waals surface area contributed by atoms with Gasteiger partial charge in [-0.2, -0.15) is 10.5 Å². The molecule has 1 N–H and O–H groups in total. The van der Waals surface area contributed by atoms with Crippen LogP contribution in [0.3, 0.4) is 0 Å². The molecule has 0 aromatic heterocycles. The zero-order valence-electron chi connectivity index (χ0n) is 8.33. The van der Waals surface area contributed by atoms with Crippen LogP contribution in [0.25, 0.3) is 0 Å².